The fraction of sp³-hybridized carbons (Fsp3) is 0.455. The Labute approximate surface area is 205 Å². The van der Waals surface area contributed by atoms with Gasteiger partial charge in [0.05, 0.1) is 5.69 Å². The number of fused-ring (bicyclic) bond motifs is 1. The number of rotatable bonds is 6. The molecule has 0 radical (unpaired) electrons. The number of nitrogens with zero attached hydrogens (tertiary/aromatic N) is 4. The maximum absolute atomic E-state index is 6.17. The van der Waals surface area contributed by atoms with E-state index in [9.17, 15) is 0 Å². The van der Waals surface area contributed by atoms with Crippen molar-refractivity contribution in [1.29, 1.82) is 0 Å². The molecular weight excluding hydrogens is 527 g/mol. The predicted molar refractivity (Wildman–Crippen MR) is 136 cm³/mol. The normalized spacial score (nSPS) is 15.3. The average molecular weight is 557 g/mol. The van der Waals surface area contributed by atoms with Crippen LogP contribution in [-0.2, 0) is 13.0 Å². The second-order valence-electron chi connectivity index (χ2n) is 7.68. The molecule has 1 fully saturated rings. The summed E-state index contributed by atoms with van der Waals surface area (Å²) in [6.45, 7) is 10.3. The van der Waals surface area contributed by atoms with E-state index in [1.54, 1.807) is 0 Å². The molecule has 9 heteroatoms. The Morgan fingerprint density at radius 3 is 2.77 bits per heavy atom. The lowest BCUT2D eigenvalue weighted by Crippen LogP contribution is -2.52. The molecule has 2 aromatic heterocycles. The Kier molecular flexibility index (Phi) is 8.62. The van der Waals surface area contributed by atoms with Crippen LogP contribution in [0.25, 0.3) is 10.9 Å². The molecule has 1 aliphatic rings. The third-order valence-corrected chi connectivity index (χ3v) is 5.68. The molecule has 1 aromatic carbocycles. The first kappa shape index (κ1) is 23.9. The molecule has 0 saturated carbocycles. The number of aromatic nitrogens is 2. The molecule has 0 amide bonds. The Morgan fingerprint density at radius 1 is 1.26 bits per heavy atom. The van der Waals surface area contributed by atoms with Crippen LogP contribution < -0.4 is 5.32 Å². The number of hydrogen-bond donors (Lipinski definition) is 2. The van der Waals surface area contributed by atoms with Gasteiger partial charge in [-0.2, -0.15) is 0 Å². The summed E-state index contributed by atoms with van der Waals surface area (Å²) in [5.74, 6) is 1.86. The van der Waals surface area contributed by atoms with E-state index in [2.05, 4.69) is 38.4 Å². The van der Waals surface area contributed by atoms with Crippen LogP contribution in [0.5, 0.6) is 0 Å². The van der Waals surface area contributed by atoms with Crippen LogP contribution in [-0.4, -0.2) is 65.2 Å². The summed E-state index contributed by atoms with van der Waals surface area (Å²) in [5, 5.41) is 9.50. The minimum atomic E-state index is 0. The number of benzene rings is 1. The standard InChI is InChI=1S/C22H29ClN6O.HI/c1-3-24-22(25-7-6-17-14-26-21-5-4-18(23)13-20(17)21)29-10-8-28(9-11-29)15-19-12-16(2)30-27-19;/h4-5,12-14,26H,3,6-11,15H2,1-2H3,(H,24,25);1H. The monoisotopic (exact) mass is 556 g/mol. The first-order chi connectivity index (χ1) is 14.6. The average Bonchev–Trinajstić information content (AvgIpc) is 3.33. The van der Waals surface area contributed by atoms with Gasteiger partial charge < -0.3 is 19.7 Å². The Hall–Kier alpha value is -1.78. The van der Waals surface area contributed by atoms with Gasteiger partial charge in [-0.1, -0.05) is 16.8 Å². The lowest BCUT2D eigenvalue weighted by Gasteiger charge is -2.36. The first-order valence-electron chi connectivity index (χ1n) is 10.6. The highest BCUT2D eigenvalue weighted by Gasteiger charge is 2.20. The number of aromatic amines is 1. The number of halogens is 2. The number of aliphatic imine (C=N–C) groups is 1. The van der Waals surface area contributed by atoms with Crippen LogP contribution >= 0.6 is 35.6 Å². The lowest BCUT2D eigenvalue weighted by molar-refractivity contribution is 0.169. The third kappa shape index (κ3) is 6.14. The largest absolute Gasteiger partial charge is 0.361 e. The van der Waals surface area contributed by atoms with Gasteiger partial charge >= 0.3 is 0 Å². The number of guanidine groups is 1. The zero-order valence-electron chi connectivity index (χ0n) is 18.0. The molecule has 4 rings (SSSR count). The summed E-state index contributed by atoms with van der Waals surface area (Å²) < 4.78 is 5.18. The fourth-order valence-electron chi connectivity index (χ4n) is 3.90. The Bertz CT molecular complexity index is 1010. The molecule has 0 aliphatic carbocycles. The van der Waals surface area contributed by atoms with E-state index in [-0.39, 0.29) is 24.0 Å². The van der Waals surface area contributed by atoms with Crippen LogP contribution in [0.15, 0.2) is 40.0 Å². The molecule has 168 valence electrons. The van der Waals surface area contributed by atoms with Crippen LogP contribution in [0.4, 0.5) is 0 Å². The molecule has 0 spiro atoms. The minimum Gasteiger partial charge on any atom is -0.361 e. The number of nitrogens with one attached hydrogen (secondary N) is 2. The molecule has 3 heterocycles. The van der Waals surface area contributed by atoms with Gasteiger partial charge in [0.25, 0.3) is 0 Å². The Morgan fingerprint density at radius 2 is 2.06 bits per heavy atom. The van der Waals surface area contributed by atoms with E-state index in [0.29, 0.717) is 0 Å². The quantitative estimate of drug-likeness (QED) is 0.272. The predicted octanol–water partition coefficient (Wildman–Crippen LogP) is 4.06. The SMILES string of the molecule is CCNC(=NCCc1c[nH]c2ccc(Cl)cc12)N1CCN(Cc2cc(C)on2)CC1.I. The van der Waals surface area contributed by atoms with Crippen molar-refractivity contribution in [3.63, 3.8) is 0 Å². The molecule has 1 aliphatic heterocycles. The molecule has 0 unspecified atom stereocenters. The number of piperazine rings is 1. The van der Waals surface area contributed by atoms with Crippen LogP contribution in [0.3, 0.4) is 0 Å². The topological polar surface area (TPSA) is 72.7 Å². The van der Waals surface area contributed by atoms with Gasteiger partial charge in [0.1, 0.15) is 5.76 Å². The summed E-state index contributed by atoms with van der Waals surface area (Å²) in [6.07, 6.45) is 2.94. The second kappa shape index (κ2) is 11.2. The summed E-state index contributed by atoms with van der Waals surface area (Å²) in [5.41, 5.74) is 3.36. The molecule has 0 atom stereocenters. The minimum absolute atomic E-state index is 0. The van der Waals surface area contributed by atoms with Crippen molar-refractivity contribution in [2.75, 3.05) is 39.3 Å². The van der Waals surface area contributed by atoms with Gasteiger partial charge in [0, 0.05) is 74.0 Å². The van der Waals surface area contributed by atoms with Gasteiger partial charge in [-0.05, 0) is 44.0 Å². The number of aryl methyl sites for hydroxylation is 1. The molecule has 3 aromatic rings. The third-order valence-electron chi connectivity index (χ3n) is 5.44. The molecule has 31 heavy (non-hydrogen) atoms. The molecular formula is C22H30ClIN6O. The lowest BCUT2D eigenvalue weighted by atomic mass is 10.1. The molecule has 7 nitrogen and oxygen atoms in total. The highest BCUT2D eigenvalue weighted by atomic mass is 127. The maximum Gasteiger partial charge on any atom is 0.194 e. The van der Waals surface area contributed by atoms with Gasteiger partial charge in [0.2, 0.25) is 0 Å². The van der Waals surface area contributed by atoms with Gasteiger partial charge in [0.15, 0.2) is 5.96 Å². The molecule has 1 saturated heterocycles. The fourth-order valence-corrected chi connectivity index (χ4v) is 4.08. The van der Waals surface area contributed by atoms with Crippen molar-refractivity contribution >= 4 is 52.4 Å². The smallest absolute Gasteiger partial charge is 0.194 e. The van der Waals surface area contributed by atoms with Gasteiger partial charge in [-0.25, -0.2) is 0 Å². The molecule has 2 N–H and O–H groups in total. The van der Waals surface area contributed by atoms with E-state index in [4.69, 9.17) is 21.1 Å². The van der Waals surface area contributed by atoms with Crippen molar-refractivity contribution in [2.24, 2.45) is 4.99 Å². The maximum atomic E-state index is 6.17. The van der Waals surface area contributed by atoms with Gasteiger partial charge in [-0.3, -0.25) is 9.89 Å². The summed E-state index contributed by atoms with van der Waals surface area (Å²) in [4.78, 5) is 13.0. The van der Waals surface area contributed by atoms with Crippen molar-refractivity contribution in [3.8, 4) is 0 Å². The van der Waals surface area contributed by atoms with Crippen molar-refractivity contribution in [3.05, 3.63) is 52.5 Å². The summed E-state index contributed by atoms with van der Waals surface area (Å²) in [7, 11) is 0. The number of H-pyrrole nitrogens is 1. The summed E-state index contributed by atoms with van der Waals surface area (Å²) in [6, 6.07) is 7.96. The van der Waals surface area contributed by atoms with E-state index in [1.165, 1.54) is 10.9 Å². The second-order valence-corrected chi connectivity index (χ2v) is 8.12. The van der Waals surface area contributed by atoms with Crippen LogP contribution in [0.2, 0.25) is 5.02 Å². The van der Waals surface area contributed by atoms with E-state index >= 15 is 0 Å². The highest BCUT2D eigenvalue weighted by Crippen LogP contribution is 2.22. The Balaban J connectivity index is 0.00000272. The van der Waals surface area contributed by atoms with Crippen LogP contribution in [0.1, 0.15) is 23.9 Å². The van der Waals surface area contributed by atoms with Crippen LogP contribution in [0, 0.1) is 6.92 Å². The molecule has 0 bridgehead atoms. The van der Waals surface area contributed by atoms with E-state index in [1.807, 2.05) is 31.2 Å². The van der Waals surface area contributed by atoms with E-state index in [0.717, 1.165) is 80.2 Å². The van der Waals surface area contributed by atoms with Crippen molar-refractivity contribution < 1.29 is 4.52 Å². The summed E-state index contributed by atoms with van der Waals surface area (Å²) >= 11 is 6.17. The zero-order chi connectivity index (χ0) is 20.9. The van der Waals surface area contributed by atoms with Crippen molar-refractivity contribution in [1.82, 2.24) is 25.3 Å². The van der Waals surface area contributed by atoms with E-state index < -0.39 is 0 Å². The zero-order valence-corrected chi connectivity index (χ0v) is 21.1. The number of hydrogen-bond acceptors (Lipinski definition) is 4. The van der Waals surface area contributed by atoms with Gasteiger partial charge in [-0.15, -0.1) is 24.0 Å². The first-order valence-corrected chi connectivity index (χ1v) is 10.9. The highest BCUT2D eigenvalue weighted by molar-refractivity contribution is 14.0. The van der Waals surface area contributed by atoms with Crippen molar-refractivity contribution in [2.45, 2.75) is 26.8 Å².